The summed E-state index contributed by atoms with van der Waals surface area (Å²) < 4.78 is 0. The molecule has 1 heterocycles. The number of hydrogen-bond donors (Lipinski definition) is 3. The van der Waals surface area contributed by atoms with Crippen LogP contribution >= 0.6 is 11.6 Å². The van der Waals surface area contributed by atoms with Crippen LogP contribution in [0, 0.1) is 0 Å². The van der Waals surface area contributed by atoms with E-state index >= 15 is 0 Å². The average molecular weight is 330 g/mol. The van der Waals surface area contributed by atoms with Crippen LogP contribution in [-0.4, -0.2) is 21.1 Å². The van der Waals surface area contributed by atoms with Gasteiger partial charge in [-0.25, -0.2) is 0 Å². The Morgan fingerprint density at radius 3 is 2.74 bits per heavy atom. The van der Waals surface area contributed by atoms with E-state index < -0.39 is 5.91 Å². The largest absolute Gasteiger partial charge is 0.506 e. The lowest BCUT2D eigenvalue weighted by Gasteiger charge is -2.00. The fourth-order valence-electron chi connectivity index (χ4n) is 2.19. The molecule has 0 aliphatic rings. The number of para-hydroxylation sites is 1. The minimum atomic E-state index is -0.489. The summed E-state index contributed by atoms with van der Waals surface area (Å²) in [4.78, 5) is 14.7. The number of carbonyl (C=O) groups excluding carboxylic acids is 1. The Kier molecular flexibility index (Phi) is 3.99. The minimum absolute atomic E-state index is 0.00732. The van der Waals surface area contributed by atoms with Gasteiger partial charge in [0.1, 0.15) is 5.75 Å². The Labute approximate surface area is 136 Å². The van der Waals surface area contributed by atoms with Crippen LogP contribution in [0.15, 0.2) is 52.7 Å². The molecule has 0 spiro atoms. The number of nitrogens with zero attached hydrogens (tertiary/aromatic N) is 2. The van der Waals surface area contributed by atoms with Crippen LogP contribution in [0.2, 0.25) is 5.02 Å². The van der Waals surface area contributed by atoms with Crippen LogP contribution in [-0.2, 0) is 11.2 Å². The van der Waals surface area contributed by atoms with Crippen molar-refractivity contribution in [2.45, 2.75) is 6.42 Å². The molecule has 2 aromatic carbocycles. The van der Waals surface area contributed by atoms with Crippen LogP contribution < -0.4 is 0 Å². The number of benzene rings is 2. The van der Waals surface area contributed by atoms with E-state index in [4.69, 9.17) is 11.6 Å². The average Bonchev–Trinajstić information content (AvgIpc) is 2.84. The van der Waals surface area contributed by atoms with Crippen LogP contribution in [0.5, 0.6) is 11.6 Å². The number of aromatic hydroxyl groups is 2. The van der Waals surface area contributed by atoms with Gasteiger partial charge in [0.15, 0.2) is 5.69 Å². The fourth-order valence-corrected chi connectivity index (χ4v) is 2.39. The van der Waals surface area contributed by atoms with Gasteiger partial charge in [-0.2, -0.15) is 0 Å². The maximum Gasteiger partial charge on any atom is 0.269 e. The van der Waals surface area contributed by atoms with Crippen molar-refractivity contribution in [3.63, 3.8) is 0 Å². The monoisotopic (exact) mass is 329 g/mol. The first-order chi connectivity index (χ1) is 11.0. The van der Waals surface area contributed by atoms with E-state index in [9.17, 15) is 15.0 Å². The molecular weight excluding hydrogens is 318 g/mol. The molecule has 0 aliphatic carbocycles. The second-order valence-corrected chi connectivity index (χ2v) is 5.33. The number of hydrogen-bond acceptors (Lipinski definition) is 4. The highest BCUT2D eigenvalue weighted by atomic mass is 35.5. The van der Waals surface area contributed by atoms with Gasteiger partial charge >= 0.3 is 0 Å². The molecule has 0 unspecified atom stereocenters. The van der Waals surface area contributed by atoms with Gasteiger partial charge in [0.2, 0.25) is 5.88 Å². The van der Waals surface area contributed by atoms with E-state index in [1.165, 1.54) is 12.1 Å². The van der Waals surface area contributed by atoms with Crippen molar-refractivity contribution >= 4 is 34.1 Å². The van der Waals surface area contributed by atoms with Crippen LogP contribution in [0.25, 0.3) is 10.9 Å². The lowest BCUT2D eigenvalue weighted by Crippen LogP contribution is -1.97. The smallest absolute Gasteiger partial charge is 0.269 e. The molecule has 0 bridgehead atoms. The first-order valence-electron chi connectivity index (χ1n) is 6.76. The minimum Gasteiger partial charge on any atom is -0.506 e. The number of phenolic OH excluding ortho intramolecular Hbond substituents is 1. The van der Waals surface area contributed by atoms with E-state index in [1.807, 2.05) is 6.07 Å². The summed E-state index contributed by atoms with van der Waals surface area (Å²) in [6.07, 6.45) is -0.00732. The standard InChI is InChI=1S/C16H12ClN3O3/c17-11-7-9(5-6-13(11)21)8-14(22)19-20-15-10-3-1-2-4-12(10)18-16(15)23/h1-7,18,21,23H,8H2. The number of carbonyl (C=O) groups is 1. The van der Waals surface area contributed by atoms with E-state index in [1.54, 1.807) is 24.3 Å². The maximum absolute atomic E-state index is 11.9. The number of azo groups is 1. The molecule has 1 amide bonds. The predicted molar refractivity (Wildman–Crippen MR) is 86.3 cm³/mol. The maximum atomic E-state index is 11.9. The summed E-state index contributed by atoms with van der Waals surface area (Å²) in [7, 11) is 0. The number of rotatable bonds is 3. The second-order valence-electron chi connectivity index (χ2n) is 4.92. The van der Waals surface area contributed by atoms with Crippen molar-refractivity contribution in [3.05, 3.63) is 53.1 Å². The molecule has 0 fully saturated rings. The molecule has 7 heteroatoms. The Hall–Kier alpha value is -2.86. The first kappa shape index (κ1) is 15.1. The zero-order valence-corrected chi connectivity index (χ0v) is 12.6. The molecular formula is C16H12ClN3O3. The number of aromatic amines is 1. The quantitative estimate of drug-likeness (QED) is 0.631. The number of fused-ring (bicyclic) bond motifs is 1. The number of phenols is 1. The number of halogens is 1. The molecule has 3 aromatic rings. The summed E-state index contributed by atoms with van der Waals surface area (Å²) in [6, 6.07) is 11.7. The van der Waals surface area contributed by atoms with E-state index in [0.29, 0.717) is 16.5 Å². The molecule has 1 aromatic heterocycles. The molecule has 0 radical (unpaired) electrons. The van der Waals surface area contributed by atoms with Gasteiger partial charge in [-0.05, 0) is 23.8 Å². The summed E-state index contributed by atoms with van der Waals surface area (Å²) in [5.74, 6) is -0.680. The van der Waals surface area contributed by atoms with Gasteiger partial charge in [-0.1, -0.05) is 35.9 Å². The van der Waals surface area contributed by atoms with Crippen LogP contribution in [0.1, 0.15) is 5.56 Å². The van der Waals surface area contributed by atoms with Crippen molar-refractivity contribution in [1.29, 1.82) is 0 Å². The summed E-state index contributed by atoms with van der Waals surface area (Å²) in [5.41, 5.74) is 1.54. The molecule has 0 saturated carbocycles. The van der Waals surface area contributed by atoms with Crippen molar-refractivity contribution in [2.75, 3.05) is 0 Å². The van der Waals surface area contributed by atoms with Gasteiger partial charge in [-0.15, -0.1) is 10.2 Å². The van der Waals surface area contributed by atoms with Gasteiger partial charge in [0.25, 0.3) is 5.91 Å². The molecule has 3 rings (SSSR count). The zero-order valence-electron chi connectivity index (χ0n) is 11.8. The predicted octanol–water partition coefficient (Wildman–Crippen LogP) is 4.09. The normalized spacial score (nSPS) is 11.3. The summed E-state index contributed by atoms with van der Waals surface area (Å²) in [5, 5.41) is 27.5. The fraction of sp³-hybridized carbons (Fsp3) is 0.0625. The van der Waals surface area contributed by atoms with E-state index in [0.717, 1.165) is 0 Å². The van der Waals surface area contributed by atoms with Crippen LogP contribution in [0.4, 0.5) is 5.69 Å². The van der Waals surface area contributed by atoms with Gasteiger partial charge < -0.3 is 15.2 Å². The highest BCUT2D eigenvalue weighted by Gasteiger charge is 2.11. The highest BCUT2D eigenvalue weighted by Crippen LogP contribution is 2.35. The zero-order chi connectivity index (χ0) is 16.4. The van der Waals surface area contributed by atoms with Crippen LogP contribution in [0.3, 0.4) is 0 Å². The number of amides is 1. The van der Waals surface area contributed by atoms with Crippen molar-refractivity contribution < 1.29 is 15.0 Å². The lowest BCUT2D eigenvalue weighted by molar-refractivity contribution is -0.117. The lowest BCUT2D eigenvalue weighted by atomic mass is 10.1. The molecule has 0 atom stereocenters. The molecule has 0 saturated heterocycles. The third-order valence-corrected chi connectivity index (χ3v) is 3.59. The number of aromatic nitrogens is 1. The summed E-state index contributed by atoms with van der Waals surface area (Å²) >= 11 is 5.79. The number of H-pyrrole nitrogens is 1. The molecule has 3 N–H and O–H groups in total. The van der Waals surface area contributed by atoms with Gasteiger partial charge in [0.05, 0.1) is 17.0 Å². The third kappa shape index (κ3) is 3.17. The Morgan fingerprint density at radius 1 is 1.17 bits per heavy atom. The molecule has 6 nitrogen and oxygen atoms in total. The third-order valence-electron chi connectivity index (χ3n) is 3.29. The van der Waals surface area contributed by atoms with Crippen molar-refractivity contribution in [2.24, 2.45) is 10.2 Å². The number of nitrogens with one attached hydrogen (secondary N) is 1. The topological polar surface area (TPSA) is 98.0 Å². The SMILES string of the molecule is O=C(Cc1ccc(O)c(Cl)c1)N=Nc1c(O)[nH]c2ccccc12. The van der Waals surface area contributed by atoms with E-state index in [-0.39, 0.29) is 28.8 Å². The van der Waals surface area contributed by atoms with Crippen molar-refractivity contribution in [3.8, 4) is 11.6 Å². The molecule has 116 valence electrons. The van der Waals surface area contributed by atoms with Gasteiger partial charge in [-0.3, -0.25) is 4.79 Å². The Balaban J connectivity index is 1.80. The first-order valence-corrected chi connectivity index (χ1v) is 7.14. The van der Waals surface area contributed by atoms with Crippen molar-refractivity contribution in [1.82, 2.24) is 4.98 Å². The Morgan fingerprint density at radius 2 is 1.96 bits per heavy atom. The molecule has 23 heavy (non-hydrogen) atoms. The Bertz CT molecular complexity index is 918. The van der Waals surface area contributed by atoms with E-state index in [2.05, 4.69) is 15.2 Å². The second kappa shape index (κ2) is 6.10. The van der Waals surface area contributed by atoms with Gasteiger partial charge in [0, 0.05) is 5.39 Å². The molecule has 0 aliphatic heterocycles. The summed E-state index contributed by atoms with van der Waals surface area (Å²) in [6.45, 7) is 0. The highest BCUT2D eigenvalue weighted by molar-refractivity contribution is 6.32.